The molecule has 0 spiro atoms. The van der Waals surface area contributed by atoms with E-state index >= 15 is 0 Å². The van der Waals surface area contributed by atoms with Gasteiger partial charge in [0.15, 0.2) is 11.6 Å². The Kier molecular flexibility index (Phi) is 2.63. The molecule has 0 radical (unpaired) electrons. The number of nitrogens with zero attached hydrogens (tertiary/aromatic N) is 2. The second-order valence-corrected chi connectivity index (χ2v) is 3.56. The van der Waals surface area contributed by atoms with Gasteiger partial charge >= 0.3 is 0 Å². The first kappa shape index (κ1) is 11.3. The lowest BCUT2D eigenvalue weighted by atomic mass is 10.0. The van der Waals surface area contributed by atoms with Crippen molar-refractivity contribution in [1.29, 1.82) is 0 Å². The maximum absolute atomic E-state index is 13.1. The standard InChI is InChI=1S/C11H10F2N4/c1-5-9(10(14)17-11(15)16-5)6-2-3-7(12)8(13)4-6/h2-4H,1H3,(H4,14,15,16,17). The number of hydrogen-bond donors (Lipinski definition) is 2. The van der Waals surface area contributed by atoms with E-state index in [2.05, 4.69) is 9.97 Å². The summed E-state index contributed by atoms with van der Waals surface area (Å²) in [7, 11) is 0. The highest BCUT2D eigenvalue weighted by Gasteiger charge is 2.12. The molecule has 0 atom stereocenters. The van der Waals surface area contributed by atoms with E-state index in [1.54, 1.807) is 6.92 Å². The summed E-state index contributed by atoms with van der Waals surface area (Å²) in [5.41, 5.74) is 12.5. The van der Waals surface area contributed by atoms with Gasteiger partial charge in [0.1, 0.15) is 5.82 Å². The molecule has 0 saturated carbocycles. The van der Waals surface area contributed by atoms with Crippen molar-refractivity contribution in [3.63, 3.8) is 0 Å². The average molecular weight is 236 g/mol. The lowest BCUT2D eigenvalue weighted by Gasteiger charge is -2.09. The first-order valence-corrected chi connectivity index (χ1v) is 4.84. The van der Waals surface area contributed by atoms with Crippen LogP contribution in [0.4, 0.5) is 20.5 Å². The fourth-order valence-electron chi connectivity index (χ4n) is 1.63. The van der Waals surface area contributed by atoms with Gasteiger partial charge in [-0.1, -0.05) is 6.07 Å². The number of halogens is 2. The molecule has 0 amide bonds. The molecular weight excluding hydrogens is 226 g/mol. The zero-order valence-electron chi connectivity index (χ0n) is 9.04. The minimum absolute atomic E-state index is 0.0475. The molecule has 17 heavy (non-hydrogen) atoms. The molecule has 0 aliphatic carbocycles. The molecule has 1 aromatic heterocycles. The minimum atomic E-state index is -0.946. The summed E-state index contributed by atoms with van der Waals surface area (Å²) >= 11 is 0. The van der Waals surface area contributed by atoms with Crippen molar-refractivity contribution in [2.75, 3.05) is 11.5 Å². The van der Waals surface area contributed by atoms with Crippen LogP contribution in [0.2, 0.25) is 0 Å². The highest BCUT2D eigenvalue weighted by Crippen LogP contribution is 2.28. The maximum Gasteiger partial charge on any atom is 0.222 e. The summed E-state index contributed by atoms with van der Waals surface area (Å²) in [6.45, 7) is 1.67. The zero-order chi connectivity index (χ0) is 12.6. The Morgan fingerprint density at radius 2 is 1.76 bits per heavy atom. The Morgan fingerprint density at radius 1 is 1.06 bits per heavy atom. The highest BCUT2D eigenvalue weighted by molar-refractivity contribution is 5.76. The third kappa shape index (κ3) is 2.01. The SMILES string of the molecule is Cc1nc(N)nc(N)c1-c1ccc(F)c(F)c1. The molecule has 0 fully saturated rings. The second-order valence-electron chi connectivity index (χ2n) is 3.56. The van der Waals surface area contributed by atoms with Gasteiger partial charge in [-0.2, -0.15) is 4.98 Å². The monoisotopic (exact) mass is 236 g/mol. The van der Waals surface area contributed by atoms with Gasteiger partial charge in [-0.3, -0.25) is 0 Å². The van der Waals surface area contributed by atoms with Crippen LogP contribution in [0.5, 0.6) is 0 Å². The number of aryl methyl sites for hydroxylation is 1. The van der Waals surface area contributed by atoms with Crippen molar-refractivity contribution in [2.24, 2.45) is 0 Å². The summed E-state index contributed by atoms with van der Waals surface area (Å²) in [5.74, 6) is -1.67. The van der Waals surface area contributed by atoms with Gasteiger partial charge < -0.3 is 11.5 Å². The number of aromatic nitrogens is 2. The molecule has 0 aliphatic rings. The van der Waals surface area contributed by atoms with E-state index in [1.165, 1.54) is 6.07 Å². The molecule has 6 heteroatoms. The van der Waals surface area contributed by atoms with Gasteiger partial charge in [0.05, 0.1) is 5.69 Å². The molecule has 4 nitrogen and oxygen atoms in total. The number of nitrogen functional groups attached to an aromatic ring is 2. The fraction of sp³-hybridized carbons (Fsp3) is 0.0909. The molecule has 1 aromatic carbocycles. The molecule has 0 bridgehead atoms. The van der Waals surface area contributed by atoms with Crippen LogP contribution in [0.25, 0.3) is 11.1 Å². The van der Waals surface area contributed by atoms with E-state index in [-0.39, 0.29) is 11.8 Å². The van der Waals surface area contributed by atoms with Gasteiger partial charge in [0, 0.05) is 5.56 Å². The Labute approximate surface area is 96.3 Å². The van der Waals surface area contributed by atoms with Crippen molar-refractivity contribution in [2.45, 2.75) is 6.92 Å². The Morgan fingerprint density at radius 3 is 2.35 bits per heavy atom. The van der Waals surface area contributed by atoms with Crippen molar-refractivity contribution in [1.82, 2.24) is 9.97 Å². The first-order chi connectivity index (χ1) is 7.99. The van der Waals surface area contributed by atoms with E-state index < -0.39 is 11.6 Å². The van der Waals surface area contributed by atoms with Crippen LogP contribution in [0.3, 0.4) is 0 Å². The quantitative estimate of drug-likeness (QED) is 0.792. The second kappa shape index (κ2) is 3.97. The summed E-state index contributed by atoms with van der Waals surface area (Å²) in [4.78, 5) is 7.72. The number of hydrogen-bond acceptors (Lipinski definition) is 4. The van der Waals surface area contributed by atoms with Crippen molar-refractivity contribution in [3.05, 3.63) is 35.5 Å². The smallest absolute Gasteiger partial charge is 0.222 e. The molecule has 4 N–H and O–H groups in total. The Bertz CT molecular complexity index is 561. The van der Waals surface area contributed by atoms with Crippen LogP contribution >= 0.6 is 0 Å². The third-order valence-corrected chi connectivity index (χ3v) is 2.34. The van der Waals surface area contributed by atoms with Crippen LogP contribution in [0.15, 0.2) is 18.2 Å². The molecule has 0 unspecified atom stereocenters. The van der Waals surface area contributed by atoms with Crippen molar-refractivity contribution < 1.29 is 8.78 Å². The summed E-state index contributed by atoms with van der Waals surface area (Å²) in [5, 5.41) is 0. The van der Waals surface area contributed by atoms with Gasteiger partial charge in [0.25, 0.3) is 0 Å². The van der Waals surface area contributed by atoms with Gasteiger partial charge in [0.2, 0.25) is 5.95 Å². The number of rotatable bonds is 1. The number of anilines is 2. The fourth-order valence-corrected chi connectivity index (χ4v) is 1.63. The summed E-state index contributed by atoms with van der Waals surface area (Å²) in [6, 6.07) is 3.49. The van der Waals surface area contributed by atoms with E-state index in [0.717, 1.165) is 12.1 Å². The van der Waals surface area contributed by atoms with E-state index in [1.807, 2.05) is 0 Å². The van der Waals surface area contributed by atoms with Crippen LogP contribution in [-0.4, -0.2) is 9.97 Å². The zero-order valence-corrected chi connectivity index (χ0v) is 9.04. The average Bonchev–Trinajstić information content (AvgIpc) is 2.21. The normalized spacial score (nSPS) is 10.5. The molecule has 2 rings (SSSR count). The number of benzene rings is 1. The largest absolute Gasteiger partial charge is 0.383 e. The molecular formula is C11H10F2N4. The molecule has 0 saturated heterocycles. The van der Waals surface area contributed by atoms with E-state index in [9.17, 15) is 8.78 Å². The molecule has 88 valence electrons. The third-order valence-electron chi connectivity index (χ3n) is 2.34. The lowest BCUT2D eigenvalue weighted by molar-refractivity contribution is 0.509. The summed E-state index contributed by atoms with van der Waals surface area (Å²) in [6.07, 6.45) is 0. The first-order valence-electron chi connectivity index (χ1n) is 4.84. The molecule has 2 aromatic rings. The van der Waals surface area contributed by atoms with Crippen LogP contribution < -0.4 is 11.5 Å². The number of nitrogens with two attached hydrogens (primary N) is 2. The molecule has 1 heterocycles. The Hall–Kier alpha value is -2.24. The van der Waals surface area contributed by atoms with Crippen LogP contribution in [0.1, 0.15) is 5.69 Å². The van der Waals surface area contributed by atoms with E-state index in [0.29, 0.717) is 16.8 Å². The van der Waals surface area contributed by atoms with Gasteiger partial charge in [-0.25, -0.2) is 13.8 Å². The summed E-state index contributed by atoms with van der Waals surface area (Å²) < 4.78 is 25.9. The predicted octanol–water partition coefficient (Wildman–Crippen LogP) is 1.89. The maximum atomic E-state index is 13.1. The van der Waals surface area contributed by atoms with Crippen LogP contribution in [0, 0.1) is 18.6 Å². The topological polar surface area (TPSA) is 77.8 Å². The van der Waals surface area contributed by atoms with Gasteiger partial charge in [-0.05, 0) is 24.6 Å². The van der Waals surface area contributed by atoms with Crippen LogP contribution in [-0.2, 0) is 0 Å². The Balaban J connectivity index is 2.64. The lowest BCUT2D eigenvalue weighted by Crippen LogP contribution is -2.04. The molecule has 0 aliphatic heterocycles. The van der Waals surface area contributed by atoms with Crippen molar-refractivity contribution >= 4 is 11.8 Å². The highest BCUT2D eigenvalue weighted by atomic mass is 19.2. The van der Waals surface area contributed by atoms with Gasteiger partial charge in [-0.15, -0.1) is 0 Å². The minimum Gasteiger partial charge on any atom is -0.383 e. The predicted molar refractivity (Wildman–Crippen MR) is 60.9 cm³/mol. The van der Waals surface area contributed by atoms with E-state index in [4.69, 9.17) is 11.5 Å². The van der Waals surface area contributed by atoms with Crippen molar-refractivity contribution in [3.8, 4) is 11.1 Å².